The Balaban J connectivity index is 2.61. The molecule has 0 spiro atoms. The first-order chi connectivity index (χ1) is 7.54. The lowest BCUT2D eigenvalue weighted by Crippen LogP contribution is -2.29. The minimum absolute atomic E-state index is 0.0209. The molecule has 0 amide bonds. The summed E-state index contributed by atoms with van der Waals surface area (Å²) in [6, 6.07) is 8.55. The Hall–Kier alpha value is -0.850. The standard InChI is InChI=1S/C13H17BrN2/c1-10-4-5-13(14)8-12(10)6-7-16(3)11(2)9-15/h4-5,8,11H,6-7H2,1-3H3. The van der Waals surface area contributed by atoms with Crippen molar-refractivity contribution >= 4 is 15.9 Å². The van der Waals surface area contributed by atoms with Gasteiger partial charge in [0, 0.05) is 11.0 Å². The fourth-order valence-electron chi connectivity index (χ4n) is 1.50. The van der Waals surface area contributed by atoms with Gasteiger partial charge in [0.1, 0.15) is 0 Å². The Morgan fingerprint density at radius 2 is 2.19 bits per heavy atom. The minimum Gasteiger partial charge on any atom is -0.291 e. The fraction of sp³-hybridized carbons (Fsp3) is 0.462. The first-order valence-corrected chi connectivity index (χ1v) is 6.18. The molecule has 0 aromatic heterocycles. The molecule has 1 rings (SSSR count). The van der Waals surface area contributed by atoms with Gasteiger partial charge in [0.25, 0.3) is 0 Å². The Kier molecular flexibility index (Phi) is 4.98. The van der Waals surface area contributed by atoms with Crippen LogP contribution in [0.2, 0.25) is 0 Å². The third-order valence-corrected chi connectivity index (χ3v) is 3.39. The second kappa shape index (κ2) is 6.03. The Bertz CT molecular complexity index is 395. The first kappa shape index (κ1) is 13.2. The molecule has 0 saturated heterocycles. The second-order valence-electron chi connectivity index (χ2n) is 4.11. The van der Waals surface area contributed by atoms with Gasteiger partial charge in [0.2, 0.25) is 0 Å². The number of likely N-dealkylation sites (N-methyl/N-ethyl adjacent to an activating group) is 1. The van der Waals surface area contributed by atoms with Crippen molar-refractivity contribution in [2.24, 2.45) is 0 Å². The van der Waals surface area contributed by atoms with Gasteiger partial charge >= 0.3 is 0 Å². The molecule has 16 heavy (non-hydrogen) atoms. The third-order valence-electron chi connectivity index (χ3n) is 2.89. The predicted octanol–water partition coefficient (Wildman–Crippen LogP) is 3.14. The molecule has 0 aliphatic carbocycles. The van der Waals surface area contributed by atoms with Gasteiger partial charge in [-0.15, -0.1) is 0 Å². The summed E-state index contributed by atoms with van der Waals surface area (Å²) in [6.07, 6.45) is 0.980. The molecule has 1 atom stereocenters. The van der Waals surface area contributed by atoms with E-state index in [1.807, 2.05) is 14.0 Å². The molecular weight excluding hydrogens is 264 g/mol. The molecule has 0 aliphatic heterocycles. The molecule has 86 valence electrons. The fourth-order valence-corrected chi connectivity index (χ4v) is 1.91. The smallest absolute Gasteiger partial charge is 0.0946 e. The van der Waals surface area contributed by atoms with Gasteiger partial charge in [-0.05, 0) is 50.6 Å². The molecule has 0 N–H and O–H groups in total. The highest BCUT2D eigenvalue weighted by molar-refractivity contribution is 9.10. The summed E-state index contributed by atoms with van der Waals surface area (Å²) in [5.74, 6) is 0. The van der Waals surface area contributed by atoms with Gasteiger partial charge in [-0.25, -0.2) is 0 Å². The van der Waals surface area contributed by atoms with Crippen molar-refractivity contribution < 1.29 is 0 Å². The molecule has 3 heteroatoms. The number of rotatable bonds is 4. The second-order valence-corrected chi connectivity index (χ2v) is 5.02. The van der Waals surface area contributed by atoms with Gasteiger partial charge in [0.15, 0.2) is 0 Å². The molecule has 1 unspecified atom stereocenters. The van der Waals surface area contributed by atoms with Crippen LogP contribution in [0.15, 0.2) is 22.7 Å². The molecule has 1 aromatic carbocycles. The van der Waals surface area contributed by atoms with E-state index in [1.165, 1.54) is 11.1 Å². The normalized spacial score (nSPS) is 12.5. The maximum absolute atomic E-state index is 8.80. The van der Waals surface area contributed by atoms with Crippen LogP contribution in [0.5, 0.6) is 0 Å². The molecule has 0 heterocycles. The van der Waals surface area contributed by atoms with Crippen molar-refractivity contribution in [3.8, 4) is 6.07 Å². The minimum atomic E-state index is -0.0209. The summed E-state index contributed by atoms with van der Waals surface area (Å²) in [5, 5.41) is 8.80. The van der Waals surface area contributed by atoms with E-state index in [9.17, 15) is 0 Å². The third kappa shape index (κ3) is 3.62. The van der Waals surface area contributed by atoms with Crippen LogP contribution in [-0.2, 0) is 6.42 Å². The monoisotopic (exact) mass is 280 g/mol. The van der Waals surface area contributed by atoms with E-state index in [0.717, 1.165) is 17.4 Å². The van der Waals surface area contributed by atoms with Crippen molar-refractivity contribution in [1.29, 1.82) is 5.26 Å². The van der Waals surface area contributed by atoms with E-state index in [-0.39, 0.29) is 6.04 Å². The zero-order valence-electron chi connectivity index (χ0n) is 10.00. The van der Waals surface area contributed by atoms with Crippen molar-refractivity contribution in [3.05, 3.63) is 33.8 Å². The van der Waals surface area contributed by atoms with E-state index in [2.05, 4.69) is 52.0 Å². The summed E-state index contributed by atoms with van der Waals surface area (Å²) in [6.45, 7) is 4.95. The molecule has 1 aromatic rings. The lowest BCUT2D eigenvalue weighted by atomic mass is 10.1. The topological polar surface area (TPSA) is 27.0 Å². The van der Waals surface area contributed by atoms with Gasteiger partial charge in [0.05, 0.1) is 12.1 Å². The maximum atomic E-state index is 8.80. The quantitative estimate of drug-likeness (QED) is 0.847. The molecule has 0 fully saturated rings. The molecule has 0 aliphatic rings. The number of nitrogens with zero attached hydrogens (tertiary/aromatic N) is 2. The summed E-state index contributed by atoms with van der Waals surface area (Å²) < 4.78 is 1.11. The lowest BCUT2D eigenvalue weighted by molar-refractivity contribution is 0.306. The van der Waals surface area contributed by atoms with Crippen LogP contribution in [0, 0.1) is 18.3 Å². The average Bonchev–Trinajstić information content (AvgIpc) is 2.28. The van der Waals surface area contributed by atoms with E-state index in [0.29, 0.717) is 0 Å². The van der Waals surface area contributed by atoms with Crippen molar-refractivity contribution in [2.45, 2.75) is 26.3 Å². The Labute approximate surface area is 106 Å². The summed E-state index contributed by atoms with van der Waals surface area (Å²) >= 11 is 3.48. The number of halogens is 1. The molecule has 0 radical (unpaired) electrons. The summed E-state index contributed by atoms with van der Waals surface area (Å²) in [4.78, 5) is 2.07. The Morgan fingerprint density at radius 3 is 2.81 bits per heavy atom. The van der Waals surface area contributed by atoms with Crippen LogP contribution in [0.1, 0.15) is 18.1 Å². The van der Waals surface area contributed by atoms with Crippen LogP contribution in [-0.4, -0.2) is 24.5 Å². The predicted molar refractivity (Wildman–Crippen MR) is 70.3 cm³/mol. The first-order valence-electron chi connectivity index (χ1n) is 5.39. The zero-order valence-corrected chi connectivity index (χ0v) is 11.6. The summed E-state index contributed by atoms with van der Waals surface area (Å²) in [5.41, 5.74) is 2.65. The van der Waals surface area contributed by atoms with E-state index >= 15 is 0 Å². The SMILES string of the molecule is Cc1ccc(Br)cc1CCN(C)C(C)C#N. The average molecular weight is 281 g/mol. The highest BCUT2D eigenvalue weighted by Gasteiger charge is 2.08. The van der Waals surface area contributed by atoms with Crippen LogP contribution < -0.4 is 0 Å². The molecule has 0 saturated carbocycles. The van der Waals surface area contributed by atoms with Crippen molar-refractivity contribution in [2.75, 3.05) is 13.6 Å². The van der Waals surface area contributed by atoms with Gasteiger partial charge in [-0.1, -0.05) is 22.0 Å². The largest absolute Gasteiger partial charge is 0.291 e. The number of hydrogen-bond donors (Lipinski definition) is 0. The van der Waals surface area contributed by atoms with E-state index in [4.69, 9.17) is 5.26 Å². The molecule has 2 nitrogen and oxygen atoms in total. The highest BCUT2D eigenvalue weighted by Crippen LogP contribution is 2.16. The van der Waals surface area contributed by atoms with Gasteiger partial charge in [-0.3, -0.25) is 4.90 Å². The molecular formula is C13H17BrN2. The van der Waals surface area contributed by atoms with Crippen molar-refractivity contribution in [1.82, 2.24) is 4.90 Å². The number of benzene rings is 1. The Morgan fingerprint density at radius 1 is 1.50 bits per heavy atom. The highest BCUT2D eigenvalue weighted by atomic mass is 79.9. The van der Waals surface area contributed by atoms with Crippen LogP contribution >= 0.6 is 15.9 Å². The lowest BCUT2D eigenvalue weighted by Gasteiger charge is -2.19. The zero-order chi connectivity index (χ0) is 12.1. The van der Waals surface area contributed by atoms with Crippen LogP contribution in [0.25, 0.3) is 0 Å². The number of nitriles is 1. The summed E-state index contributed by atoms with van der Waals surface area (Å²) in [7, 11) is 1.99. The number of hydrogen-bond acceptors (Lipinski definition) is 2. The number of aryl methyl sites for hydroxylation is 1. The van der Waals surface area contributed by atoms with Gasteiger partial charge < -0.3 is 0 Å². The van der Waals surface area contributed by atoms with E-state index < -0.39 is 0 Å². The van der Waals surface area contributed by atoms with E-state index in [1.54, 1.807) is 0 Å². The van der Waals surface area contributed by atoms with Gasteiger partial charge in [-0.2, -0.15) is 5.26 Å². The van der Waals surface area contributed by atoms with Crippen LogP contribution in [0.4, 0.5) is 0 Å². The van der Waals surface area contributed by atoms with Crippen LogP contribution in [0.3, 0.4) is 0 Å². The van der Waals surface area contributed by atoms with Crippen molar-refractivity contribution in [3.63, 3.8) is 0 Å². The molecule has 0 bridgehead atoms. The maximum Gasteiger partial charge on any atom is 0.0946 e.